The van der Waals surface area contributed by atoms with Gasteiger partial charge in [-0.05, 0) is 12.7 Å². The number of carbonyl (C=O) groups is 4. The van der Waals surface area contributed by atoms with Crippen LogP contribution in [0.4, 0.5) is 4.79 Å². The molecule has 5 N–H and O–H groups in total. The van der Waals surface area contributed by atoms with Crippen LogP contribution in [0.15, 0.2) is 0 Å². The summed E-state index contributed by atoms with van der Waals surface area (Å²) in [6.45, 7) is 0. The molecule has 0 fully saturated rings. The second-order valence-corrected chi connectivity index (χ2v) is 5.38. The summed E-state index contributed by atoms with van der Waals surface area (Å²) in [6.07, 6.45) is 1.28. The first-order valence-corrected chi connectivity index (χ1v) is 7.90. The van der Waals surface area contributed by atoms with Gasteiger partial charge in [0, 0.05) is 31.7 Å². The number of carbonyl (C=O) groups excluding carboxylic acids is 2. The minimum Gasteiger partial charge on any atom is -0.481 e. The molecule has 2 atom stereocenters. The van der Waals surface area contributed by atoms with E-state index in [1.54, 1.807) is 0 Å². The molecule has 0 aliphatic carbocycles. The summed E-state index contributed by atoms with van der Waals surface area (Å²) in [6, 6.07) is -2.50. The smallest absolute Gasteiger partial charge is 0.326 e. The fourth-order valence-corrected chi connectivity index (χ4v) is 2.19. The van der Waals surface area contributed by atoms with Crippen molar-refractivity contribution >= 4 is 35.6 Å². The molecule has 22 heavy (non-hydrogen) atoms. The molecule has 0 bridgehead atoms. The van der Waals surface area contributed by atoms with Crippen molar-refractivity contribution in [3.8, 4) is 0 Å². The molecule has 0 saturated carbocycles. The summed E-state index contributed by atoms with van der Waals surface area (Å²) in [5, 5.41) is 24.7. The first-order valence-electron chi connectivity index (χ1n) is 6.51. The van der Waals surface area contributed by atoms with Crippen LogP contribution in [0, 0.1) is 0 Å². The Hall–Kier alpha value is -1.97. The van der Waals surface area contributed by atoms with E-state index in [2.05, 4.69) is 16.0 Å². The van der Waals surface area contributed by atoms with Crippen LogP contribution in [0.25, 0.3) is 0 Å². The highest BCUT2D eigenvalue weighted by atomic mass is 32.2. The van der Waals surface area contributed by atoms with Gasteiger partial charge in [0.15, 0.2) is 0 Å². The van der Waals surface area contributed by atoms with Crippen LogP contribution in [-0.2, 0) is 14.4 Å². The van der Waals surface area contributed by atoms with Crippen LogP contribution in [0.5, 0.6) is 0 Å². The van der Waals surface area contributed by atoms with Gasteiger partial charge in [-0.3, -0.25) is 9.59 Å². The van der Waals surface area contributed by atoms with Gasteiger partial charge in [-0.2, -0.15) is 11.8 Å². The molecule has 3 amide bonds. The Labute approximate surface area is 132 Å². The highest BCUT2D eigenvalue weighted by Gasteiger charge is 2.22. The van der Waals surface area contributed by atoms with Gasteiger partial charge >= 0.3 is 18.0 Å². The van der Waals surface area contributed by atoms with Gasteiger partial charge in [0.25, 0.3) is 0 Å². The van der Waals surface area contributed by atoms with Crippen molar-refractivity contribution in [1.82, 2.24) is 16.0 Å². The number of carboxylic acids is 2. The van der Waals surface area contributed by atoms with Gasteiger partial charge in [-0.25, -0.2) is 9.59 Å². The van der Waals surface area contributed by atoms with Crippen molar-refractivity contribution in [1.29, 1.82) is 0 Å². The Morgan fingerprint density at radius 3 is 2.23 bits per heavy atom. The Morgan fingerprint density at radius 2 is 1.77 bits per heavy atom. The lowest BCUT2D eigenvalue weighted by molar-refractivity contribution is -0.140. The van der Waals surface area contributed by atoms with Gasteiger partial charge in [-0.1, -0.05) is 0 Å². The molecule has 0 aliphatic heterocycles. The number of nitrogens with one attached hydrogen (secondary N) is 3. The molecule has 2 unspecified atom stereocenters. The summed E-state index contributed by atoms with van der Waals surface area (Å²) >= 11 is 1.43. The van der Waals surface area contributed by atoms with E-state index in [1.807, 2.05) is 6.26 Å². The number of aliphatic carboxylic acids is 2. The maximum absolute atomic E-state index is 11.8. The second-order valence-electron chi connectivity index (χ2n) is 4.47. The quantitative estimate of drug-likeness (QED) is 0.361. The number of carboxylic acid groups (broad SMARTS) is 2. The van der Waals surface area contributed by atoms with E-state index in [1.165, 1.54) is 18.8 Å². The summed E-state index contributed by atoms with van der Waals surface area (Å²) in [5.41, 5.74) is 0. The Kier molecular flexibility index (Phi) is 9.75. The van der Waals surface area contributed by atoms with Crippen LogP contribution in [-0.4, -0.2) is 65.2 Å². The number of rotatable bonds is 10. The molecule has 0 aromatic rings. The monoisotopic (exact) mass is 335 g/mol. The van der Waals surface area contributed by atoms with E-state index >= 15 is 0 Å². The molecule has 0 aromatic carbocycles. The third kappa shape index (κ3) is 9.06. The summed E-state index contributed by atoms with van der Waals surface area (Å²) in [4.78, 5) is 44.6. The largest absolute Gasteiger partial charge is 0.481 e. The van der Waals surface area contributed by atoms with Crippen molar-refractivity contribution in [3.63, 3.8) is 0 Å². The topological polar surface area (TPSA) is 145 Å². The van der Waals surface area contributed by atoms with Crippen LogP contribution >= 0.6 is 11.8 Å². The number of thioether (sulfide) groups is 1. The normalized spacial score (nSPS) is 12.8. The average Bonchev–Trinajstić information content (AvgIpc) is 2.42. The molecule has 0 saturated heterocycles. The average molecular weight is 335 g/mol. The van der Waals surface area contributed by atoms with Crippen molar-refractivity contribution < 1.29 is 29.4 Å². The molecular weight excluding hydrogens is 314 g/mol. The van der Waals surface area contributed by atoms with Gasteiger partial charge in [0.05, 0.1) is 0 Å². The summed E-state index contributed by atoms with van der Waals surface area (Å²) in [7, 11) is 1.48. The Bertz CT molecular complexity index is 418. The zero-order chi connectivity index (χ0) is 17.1. The lowest BCUT2D eigenvalue weighted by atomic mass is 10.1. The maximum atomic E-state index is 11.8. The van der Waals surface area contributed by atoms with E-state index < -0.39 is 30.1 Å². The predicted molar refractivity (Wildman–Crippen MR) is 80.8 cm³/mol. The minimum atomic E-state index is -1.32. The maximum Gasteiger partial charge on any atom is 0.326 e. The van der Waals surface area contributed by atoms with Crippen LogP contribution in [0.3, 0.4) is 0 Å². The van der Waals surface area contributed by atoms with Crippen LogP contribution in [0.1, 0.15) is 19.3 Å². The van der Waals surface area contributed by atoms with Crippen LogP contribution in [0.2, 0.25) is 0 Å². The van der Waals surface area contributed by atoms with Crippen molar-refractivity contribution in [2.45, 2.75) is 31.3 Å². The van der Waals surface area contributed by atoms with Gasteiger partial charge < -0.3 is 26.2 Å². The van der Waals surface area contributed by atoms with Gasteiger partial charge in [0.1, 0.15) is 6.04 Å². The number of urea groups is 1. The van der Waals surface area contributed by atoms with E-state index in [9.17, 15) is 19.2 Å². The number of hydrogen-bond donors (Lipinski definition) is 5. The van der Waals surface area contributed by atoms with E-state index in [0.29, 0.717) is 5.75 Å². The molecule has 0 rings (SSSR count). The molecule has 126 valence electrons. The number of hydrogen-bond acceptors (Lipinski definition) is 5. The van der Waals surface area contributed by atoms with Gasteiger partial charge in [0.2, 0.25) is 5.91 Å². The molecular formula is C12H21N3O6S. The fraction of sp³-hybridized carbons (Fsp3) is 0.667. The standard InChI is InChI=1S/C12H21N3O6S/c1-13-9(16)5-7(6-22-2)14-12(21)15-8(11(19)20)3-4-10(17)18/h7-8H,3-6H2,1-2H3,(H,13,16)(H,17,18)(H,19,20)(H2,14,15,21). The lowest BCUT2D eigenvalue weighted by Crippen LogP contribution is -2.50. The van der Waals surface area contributed by atoms with Crippen molar-refractivity contribution in [2.75, 3.05) is 19.1 Å². The van der Waals surface area contributed by atoms with E-state index in [4.69, 9.17) is 10.2 Å². The van der Waals surface area contributed by atoms with Gasteiger partial charge in [-0.15, -0.1) is 0 Å². The van der Waals surface area contributed by atoms with E-state index in [-0.39, 0.29) is 25.2 Å². The molecule has 0 spiro atoms. The highest BCUT2D eigenvalue weighted by molar-refractivity contribution is 7.98. The van der Waals surface area contributed by atoms with Crippen molar-refractivity contribution in [2.24, 2.45) is 0 Å². The van der Waals surface area contributed by atoms with E-state index in [0.717, 1.165) is 0 Å². The SMILES string of the molecule is CNC(=O)CC(CSC)NC(=O)NC(CCC(=O)O)C(=O)O. The molecule has 0 radical (unpaired) electrons. The zero-order valence-electron chi connectivity index (χ0n) is 12.4. The lowest BCUT2D eigenvalue weighted by Gasteiger charge is -2.20. The Balaban J connectivity index is 4.53. The second kappa shape index (κ2) is 10.7. The van der Waals surface area contributed by atoms with Crippen molar-refractivity contribution in [3.05, 3.63) is 0 Å². The third-order valence-electron chi connectivity index (χ3n) is 2.66. The molecule has 0 aliphatic rings. The number of amides is 3. The predicted octanol–water partition coefficient (Wildman–Crippen LogP) is -0.529. The Morgan fingerprint density at radius 1 is 1.14 bits per heavy atom. The zero-order valence-corrected chi connectivity index (χ0v) is 13.2. The molecule has 0 heterocycles. The highest BCUT2D eigenvalue weighted by Crippen LogP contribution is 2.03. The minimum absolute atomic E-state index is 0.0671. The molecule has 10 heteroatoms. The fourth-order valence-electron chi connectivity index (χ4n) is 1.59. The first-order chi connectivity index (χ1) is 10.3. The molecule has 9 nitrogen and oxygen atoms in total. The molecule has 0 aromatic heterocycles. The first kappa shape index (κ1) is 20.0. The summed E-state index contributed by atoms with van der Waals surface area (Å²) in [5.74, 6) is -2.23. The van der Waals surface area contributed by atoms with Crippen LogP contribution < -0.4 is 16.0 Å². The third-order valence-corrected chi connectivity index (χ3v) is 3.40. The summed E-state index contributed by atoms with van der Waals surface area (Å²) < 4.78 is 0.